The molecule has 0 aliphatic carbocycles. The number of hydrogen-bond acceptors (Lipinski definition) is 7. The molecular weight excluding hydrogens is 316 g/mol. The van der Waals surface area contributed by atoms with Crippen LogP contribution in [0.15, 0.2) is 18.5 Å². The largest absolute Gasteiger partial charge is 0.381 e. The third kappa shape index (κ3) is 3.56. The molecule has 2 aliphatic heterocycles. The molecule has 2 aliphatic rings. The van der Waals surface area contributed by atoms with Gasteiger partial charge >= 0.3 is 0 Å². The maximum Gasteiger partial charge on any atom is 0.225 e. The molecule has 0 radical (unpaired) electrons. The first-order valence-electron chi connectivity index (χ1n) is 9.02. The van der Waals surface area contributed by atoms with Crippen LogP contribution in [-0.4, -0.2) is 59.3 Å². The van der Waals surface area contributed by atoms with Gasteiger partial charge in [0.25, 0.3) is 0 Å². The van der Waals surface area contributed by atoms with Crippen molar-refractivity contribution in [1.29, 1.82) is 0 Å². The molecule has 0 bridgehead atoms. The molecule has 2 aromatic heterocycles. The maximum atomic E-state index is 5.65. The molecule has 1 fully saturated rings. The van der Waals surface area contributed by atoms with Gasteiger partial charge in [-0.25, -0.2) is 19.9 Å². The van der Waals surface area contributed by atoms with Gasteiger partial charge in [-0.3, -0.25) is 0 Å². The summed E-state index contributed by atoms with van der Waals surface area (Å²) in [6, 6.07) is 1.86. The zero-order valence-corrected chi connectivity index (χ0v) is 14.7. The van der Waals surface area contributed by atoms with E-state index in [1.165, 1.54) is 5.56 Å². The predicted molar refractivity (Wildman–Crippen MR) is 96.1 cm³/mol. The third-order valence-corrected chi connectivity index (χ3v) is 4.79. The lowest BCUT2D eigenvalue weighted by atomic mass is 10.1. The summed E-state index contributed by atoms with van der Waals surface area (Å²) in [5, 5.41) is 0. The van der Waals surface area contributed by atoms with E-state index in [2.05, 4.69) is 24.8 Å². The fraction of sp³-hybridized carbons (Fsp3) is 0.556. The van der Waals surface area contributed by atoms with Crippen LogP contribution in [0.25, 0.3) is 0 Å². The molecule has 132 valence electrons. The van der Waals surface area contributed by atoms with Crippen LogP contribution in [0.4, 0.5) is 11.8 Å². The first-order valence-corrected chi connectivity index (χ1v) is 9.02. The smallest absolute Gasteiger partial charge is 0.225 e. The number of aryl methyl sites for hydroxylation is 1. The van der Waals surface area contributed by atoms with Gasteiger partial charge in [0, 0.05) is 57.0 Å². The predicted octanol–water partition coefficient (Wildman–Crippen LogP) is 1.41. The Hall–Kier alpha value is -2.28. The standard InChI is InChI=1S/C18H24N6O/c1-14-21-16-5-13-25-12-4-15(16)17(22-14)23-8-3-9-24(11-10-23)18-19-6-2-7-20-18/h2,6-7H,3-5,8-13H2,1H3. The lowest BCUT2D eigenvalue weighted by molar-refractivity contribution is 0.146. The summed E-state index contributed by atoms with van der Waals surface area (Å²) in [6.07, 6.45) is 6.44. The molecule has 0 atom stereocenters. The average Bonchev–Trinajstić information content (AvgIpc) is 3.02. The topological polar surface area (TPSA) is 67.3 Å². The lowest BCUT2D eigenvalue weighted by Crippen LogP contribution is -2.33. The summed E-state index contributed by atoms with van der Waals surface area (Å²) >= 11 is 0. The highest BCUT2D eigenvalue weighted by atomic mass is 16.5. The molecule has 0 N–H and O–H groups in total. The summed E-state index contributed by atoms with van der Waals surface area (Å²) in [7, 11) is 0. The van der Waals surface area contributed by atoms with E-state index in [1.807, 2.05) is 13.0 Å². The number of hydrogen-bond donors (Lipinski definition) is 0. The van der Waals surface area contributed by atoms with Crippen LogP contribution >= 0.6 is 0 Å². The summed E-state index contributed by atoms with van der Waals surface area (Å²) in [5.41, 5.74) is 2.43. The van der Waals surface area contributed by atoms with E-state index in [4.69, 9.17) is 9.72 Å². The molecule has 7 heteroatoms. The Morgan fingerprint density at radius 3 is 2.56 bits per heavy atom. The minimum absolute atomic E-state index is 0.752. The molecule has 0 aromatic carbocycles. The number of ether oxygens (including phenoxy) is 1. The Balaban J connectivity index is 1.57. The first kappa shape index (κ1) is 16.2. The van der Waals surface area contributed by atoms with Gasteiger partial charge in [-0.2, -0.15) is 0 Å². The van der Waals surface area contributed by atoms with Crippen LogP contribution in [-0.2, 0) is 17.6 Å². The van der Waals surface area contributed by atoms with Crippen LogP contribution in [0.3, 0.4) is 0 Å². The van der Waals surface area contributed by atoms with Crippen LogP contribution in [0.5, 0.6) is 0 Å². The summed E-state index contributed by atoms with van der Waals surface area (Å²) in [6.45, 7) is 7.27. The monoisotopic (exact) mass is 340 g/mol. The molecule has 4 heterocycles. The van der Waals surface area contributed by atoms with Gasteiger partial charge in [0.05, 0.1) is 18.9 Å². The van der Waals surface area contributed by atoms with Gasteiger partial charge in [-0.15, -0.1) is 0 Å². The fourth-order valence-electron chi connectivity index (χ4n) is 3.59. The van der Waals surface area contributed by atoms with E-state index < -0.39 is 0 Å². The van der Waals surface area contributed by atoms with E-state index in [0.717, 1.165) is 81.9 Å². The van der Waals surface area contributed by atoms with Crippen molar-refractivity contribution in [3.05, 3.63) is 35.5 Å². The van der Waals surface area contributed by atoms with Crippen LogP contribution in [0.2, 0.25) is 0 Å². The minimum atomic E-state index is 0.752. The molecule has 25 heavy (non-hydrogen) atoms. The highest BCUT2D eigenvalue weighted by Gasteiger charge is 2.23. The normalized spacial score (nSPS) is 18.4. The molecule has 0 unspecified atom stereocenters. The lowest BCUT2D eigenvalue weighted by Gasteiger charge is -2.25. The van der Waals surface area contributed by atoms with Crippen molar-refractivity contribution >= 4 is 11.8 Å². The van der Waals surface area contributed by atoms with Crippen LogP contribution in [0.1, 0.15) is 23.5 Å². The van der Waals surface area contributed by atoms with Crippen molar-refractivity contribution in [2.24, 2.45) is 0 Å². The van der Waals surface area contributed by atoms with E-state index in [-0.39, 0.29) is 0 Å². The minimum Gasteiger partial charge on any atom is -0.381 e. The highest BCUT2D eigenvalue weighted by Crippen LogP contribution is 2.25. The Kier molecular flexibility index (Phi) is 4.74. The second-order valence-corrected chi connectivity index (χ2v) is 6.51. The Morgan fingerprint density at radius 1 is 0.920 bits per heavy atom. The molecule has 4 rings (SSSR count). The molecule has 0 amide bonds. The van der Waals surface area contributed by atoms with Gasteiger partial charge in [0.2, 0.25) is 5.95 Å². The summed E-state index contributed by atoms with van der Waals surface area (Å²) in [4.78, 5) is 22.9. The quantitative estimate of drug-likeness (QED) is 0.819. The van der Waals surface area contributed by atoms with Crippen LogP contribution in [0, 0.1) is 6.92 Å². The Labute approximate surface area is 148 Å². The van der Waals surface area contributed by atoms with Gasteiger partial charge in [0.15, 0.2) is 0 Å². The van der Waals surface area contributed by atoms with Crippen molar-refractivity contribution in [3.8, 4) is 0 Å². The van der Waals surface area contributed by atoms with Crippen molar-refractivity contribution in [1.82, 2.24) is 19.9 Å². The molecule has 1 saturated heterocycles. The zero-order valence-electron chi connectivity index (χ0n) is 14.7. The number of fused-ring (bicyclic) bond motifs is 1. The Morgan fingerprint density at radius 2 is 1.68 bits per heavy atom. The van der Waals surface area contributed by atoms with Crippen LogP contribution < -0.4 is 9.80 Å². The molecule has 0 spiro atoms. The van der Waals surface area contributed by atoms with Gasteiger partial charge in [-0.1, -0.05) is 0 Å². The molecule has 2 aromatic rings. The van der Waals surface area contributed by atoms with E-state index in [9.17, 15) is 0 Å². The van der Waals surface area contributed by atoms with E-state index >= 15 is 0 Å². The highest BCUT2D eigenvalue weighted by molar-refractivity contribution is 5.50. The van der Waals surface area contributed by atoms with E-state index in [1.54, 1.807) is 12.4 Å². The number of anilines is 2. The second kappa shape index (κ2) is 7.31. The third-order valence-electron chi connectivity index (χ3n) is 4.79. The molecular formula is C18H24N6O. The van der Waals surface area contributed by atoms with Crippen molar-refractivity contribution in [2.45, 2.75) is 26.2 Å². The average molecular weight is 340 g/mol. The number of nitrogens with zero attached hydrogens (tertiary/aromatic N) is 6. The second-order valence-electron chi connectivity index (χ2n) is 6.51. The Bertz CT molecular complexity index is 723. The summed E-state index contributed by atoms with van der Waals surface area (Å²) in [5.74, 6) is 2.77. The SMILES string of the molecule is Cc1nc2c(c(N3CCCN(c4ncccn4)CC3)n1)CCOCC2. The van der Waals surface area contributed by atoms with E-state index in [0.29, 0.717) is 0 Å². The van der Waals surface area contributed by atoms with Gasteiger partial charge < -0.3 is 14.5 Å². The number of aromatic nitrogens is 4. The van der Waals surface area contributed by atoms with Crippen molar-refractivity contribution < 1.29 is 4.74 Å². The van der Waals surface area contributed by atoms with Gasteiger partial charge in [-0.05, 0) is 19.4 Å². The molecule has 7 nitrogen and oxygen atoms in total. The van der Waals surface area contributed by atoms with Gasteiger partial charge in [0.1, 0.15) is 11.6 Å². The maximum absolute atomic E-state index is 5.65. The van der Waals surface area contributed by atoms with Crippen molar-refractivity contribution in [2.75, 3.05) is 49.2 Å². The number of rotatable bonds is 2. The fourth-order valence-corrected chi connectivity index (χ4v) is 3.59. The zero-order chi connectivity index (χ0) is 17.1. The first-order chi connectivity index (χ1) is 12.3. The van der Waals surface area contributed by atoms with Crippen molar-refractivity contribution in [3.63, 3.8) is 0 Å². The molecule has 0 saturated carbocycles. The summed E-state index contributed by atoms with van der Waals surface area (Å²) < 4.78 is 5.65.